The third kappa shape index (κ3) is 2.50. The van der Waals surface area contributed by atoms with Gasteiger partial charge in [0.2, 0.25) is 0 Å². The zero-order valence-corrected chi connectivity index (χ0v) is 15.5. The first kappa shape index (κ1) is 16.9. The van der Waals surface area contributed by atoms with Crippen LogP contribution in [0.3, 0.4) is 0 Å². The van der Waals surface area contributed by atoms with Crippen molar-refractivity contribution in [2.45, 2.75) is 38.3 Å². The molecular weight excluding hydrogens is 356 g/mol. The summed E-state index contributed by atoms with van der Waals surface area (Å²) in [6, 6.07) is 11.6. The van der Waals surface area contributed by atoms with Gasteiger partial charge in [0.25, 0.3) is 11.8 Å². The van der Waals surface area contributed by atoms with E-state index in [2.05, 4.69) is 10.3 Å². The quantitative estimate of drug-likeness (QED) is 0.769. The predicted molar refractivity (Wildman–Crippen MR) is 103 cm³/mol. The van der Waals surface area contributed by atoms with E-state index in [0.717, 1.165) is 25.0 Å². The Hall–Kier alpha value is -3.22. The molecule has 2 aromatic rings. The van der Waals surface area contributed by atoms with Gasteiger partial charge in [-0.15, -0.1) is 0 Å². The van der Waals surface area contributed by atoms with Crippen molar-refractivity contribution in [2.75, 3.05) is 16.5 Å². The molecule has 0 bridgehead atoms. The maximum absolute atomic E-state index is 13.2. The van der Waals surface area contributed by atoms with Crippen molar-refractivity contribution >= 4 is 23.2 Å². The third-order valence-corrected chi connectivity index (χ3v) is 5.53. The number of hydrogen-bond donors (Lipinski definition) is 0. The van der Waals surface area contributed by atoms with E-state index in [1.54, 1.807) is 0 Å². The maximum Gasteiger partial charge on any atom is 0.263 e. The molecule has 2 atom stereocenters. The molecule has 7 heteroatoms. The van der Waals surface area contributed by atoms with E-state index in [4.69, 9.17) is 4.74 Å². The topological polar surface area (TPSA) is 74.6 Å². The van der Waals surface area contributed by atoms with Crippen LogP contribution in [0.25, 0.3) is 0 Å². The van der Waals surface area contributed by atoms with Gasteiger partial charge in [-0.3, -0.25) is 9.59 Å². The van der Waals surface area contributed by atoms with Gasteiger partial charge < -0.3 is 4.74 Å². The predicted octanol–water partition coefficient (Wildman–Crippen LogP) is 3.07. The van der Waals surface area contributed by atoms with Gasteiger partial charge in [-0.1, -0.05) is 11.3 Å². The SMILES string of the molecule is CCOc1ccc(N2N=N[C@H]3C(=O)N(c4ccc5c(c4)CCC5)C(=O)[C@@H]32)cc1. The van der Waals surface area contributed by atoms with Crippen LogP contribution in [0.2, 0.25) is 0 Å². The largest absolute Gasteiger partial charge is 0.494 e. The minimum absolute atomic E-state index is 0.285. The number of ether oxygens (including phenoxy) is 1. The molecule has 3 aliphatic rings. The molecule has 2 aromatic carbocycles. The molecule has 2 heterocycles. The Morgan fingerprint density at radius 2 is 1.75 bits per heavy atom. The van der Waals surface area contributed by atoms with E-state index in [9.17, 15) is 9.59 Å². The van der Waals surface area contributed by atoms with Gasteiger partial charge in [-0.05, 0) is 73.7 Å². The smallest absolute Gasteiger partial charge is 0.263 e. The van der Waals surface area contributed by atoms with Crippen LogP contribution in [0, 0.1) is 0 Å². The van der Waals surface area contributed by atoms with Crippen LogP contribution >= 0.6 is 0 Å². The Bertz CT molecular complexity index is 986. The Balaban J connectivity index is 1.44. The lowest BCUT2D eigenvalue weighted by molar-refractivity contribution is -0.121. The van der Waals surface area contributed by atoms with Gasteiger partial charge >= 0.3 is 0 Å². The van der Waals surface area contributed by atoms with Crippen molar-refractivity contribution in [2.24, 2.45) is 10.3 Å². The Kier molecular flexibility index (Phi) is 3.89. The Morgan fingerprint density at radius 3 is 2.54 bits per heavy atom. The third-order valence-electron chi connectivity index (χ3n) is 5.53. The fourth-order valence-electron chi connectivity index (χ4n) is 4.19. The maximum atomic E-state index is 13.2. The van der Waals surface area contributed by atoms with Crippen LogP contribution in [0.5, 0.6) is 5.75 Å². The van der Waals surface area contributed by atoms with Crippen LogP contribution in [-0.2, 0) is 22.4 Å². The highest BCUT2D eigenvalue weighted by Crippen LogP contribution is 2.36. The molecule has 7 nitrogen and oxygen atoms in total. The van der Waals surface area contributed by atoms with E-state index in [1.807, 2.05) is 49.4 Å². The first-order valence-corrected chi connectivity index (χ1v) is 9.60. The normalized spacial score (nSPS) is 22.8. The second-order valence-corrected chi connectivity index (χ2v) is 7.18. The number of hydrogen-bond acceptors (Lipinski definition) is 6. The van der Waals surface area contributed by atoms with Gasteiger partial charge in [0.15, 0.2) is 12.1 Å². The number of benzene rings is 2. The second-order valence-electron chi connectivity index (χ2n) is 7.18. The van der Waals surface area contributed by atoms with Crippen molar-refractivity contribution in [1.29, 1.82) is 0 Å². The summed E-state index contributed by atoms with van der Waals surface area (Å²) in [6.45, 7) is 2.50. The summed E-state index contributed by atoms with van der Waals surface area (Å²) in [5.74, 6) is 0.143. The molecule has 1 saturated heterocycles. The van der Waals surface area contributed by atoms with Crippen LogP contribution in [0.1, 0.15) is 24.5 Å². The van der Waals surface area contributed by atoms with Crippen molar-refractivity contribution in [3.05, 3.63) is 53.6 Å². The summed E-state index contributed by atoms with van der Waals surface area (Å²) in [5.41, 5.74) is 3.86. The number of carbonyl (C=O) groups is 2. The summed E-state index contributed by atoms with van der Waals surface area (Å²) in [4.78, 5) is 27.4. The van der Waals surface area contributed by atoms with E-state index in [-0.39, 0.29) is 11.8 Å². The van der Waals surface area contributed by atoms with E-state index >= 15 is 0 Å². The molecule has 1 aliphatic carbocycles. The highest BCUT2D eigenvalue weighted by molar-refractivity contribution is 6.26. The summed E-state index contributed by atoms with van der Waals surface area (Å²) < 4.78 is 5.46. The molecule has 28 heavy (non-hydrogen) atoms. The van der Waals surface area contributed by atoms with Crippen LogP contribution in [0.15, 0.2) is 52.8 Å². The molecule has 2 aliphatic heterocycles. The van der Waals surface area contributed by atoms with Gasteiger partial charge in [-0.25, -0.2) is 9.91 Å². The lowest BCUT2D eigenvalue weighted by atomic mass is 10.1. The first-order chi connectivity index (χ1) is 13.7. The zero-order valence-electron chi connectivity index (χ0n) is 15.5. The van der Waals surface area contributed by atoms with Crippen molar-refractivity contribution in [1.82, 2.24) is 0 Å². The average Bonchev–Trinajstić information content (AvgIpc) is 3.40. The van der Waals surface area contributed by atoms with Crippen molar-refractivity contribution in [3.8, 4) is 5.75 Å². The monoisotopic (exact) mass is 376 g/mol. The Labute approximate surface area is 162 Å². The molecule has 142 valence electrons. The zero-order chi connectivity index (χ0) is 19.3. The second kappa shape index (κ2) is 6.44. The summed E-state index contributed by atoms with van der Waals surface area (Å²) in [5, 5.41) is 9.74. The van der Waals surface area contributed by atoms with Crippen LogP contribution in [-0.4, -0.2) is 30.5 Å². The lowest BCUT2D eigenvalue weighted by Crippen LogP contribution is -2.39. The van der Waals surface area contributed by atoms with Crippen molar-refractivity contribution in [3.63, 3.8) is 0 Å². The highest BCUT2D eigenvalue weighted by atomic mass is 16.5. The molecule has 0 spiro atoms. The number of nitrogens with zero attached hydrogens (tertiary/aromatic N) is 4. The molecule has 2 amide bonds. The standard InChI is InChI=1S/C21H20N4O3/c1-2-28-17-10-8-15(9-11-17)25-19-18(22-23-25)20(26)24(21(19)27)16-7-6-13-4-3-5-14(13)12-16/h6-12,18-19H,2-5H2,1H3/t18-,19-/m1/s1. The average molecular weight is 376 g/mol. The Morgan fingerprint density at radius 1 is 1.00 bits per heavy atom. The van der Waals surface area contributed by atoms with Crippen molar-refractivity contribution < 1.29 is 14.3 Å². The lowest BCUT2D eigenvalue weighted by Gasteiger charge is -2.21. The molecule has 0 saturated carbocycles. The molecule has 0 radical (unpaired) electrons. The molecule has 0 unspecified atom stereocenters. The molecule has 1 fully saturated rings. The van der Waals surface area contributed by atoms with Gasteiger partial charge in [0, 0.05) is 0 Å². The highest BCUT2D eigenvalue weighted by Gasteiger charge is 2.55. The van der Waals surface area contributed by atoms with Crippen LogP contribution < -0.4 is 14.6 Å². The molecular formula is C21H20N4O3. The van der Waals surface area contributed by atoms with E-state index < -0.39 is 12.1 Å². The minimum atomic E-state index is -0.799. The minimum Gasteiger partial charge on any atom is -0.494 e. The summed E-state index contributed by atoms with van der Waals surface area (Å²) >= 11 is 0. The molecule has 0 aromatic heterocycles. The fourth-order valence-corrected chi connectivity index (χ4v) is 4.19. The number of carbonyl (C=O) groups excluding carboxylic acids is 2. The number of anilines is 2. The molecule has 5 rings (SSSR count). The molecule has 0 N–H and O–H groups in total. The number of amides is 2. The van der Waals surface area contributed by atoms with Crippen LogP contribution in [0.4, 0.5) is 11.4 Å². The van der Waals surface area contributed by atoms with Gasteiger partial charge in [0.1, 0.15) is 5.75 Å². The van der Waals surface area contributed by atoms with Gasteiger partial charge in [0.05, 0.1) is 18.0 Å². The first-order valence-electron chi connectivity index (χ1n) is 9.60. The van der Waals surface area contributed by atoms with E-state index in [1.165, 1.54) is 21.0 Å². The number of imide groups is 1. The number of rotatable bonds is 4. The number of fused-ring (bicyclic) bond motifs is 2. The summed E-state index contributed by atoms with van der Waals surface area (Å²) in [6.07, 6.45) is 3.17. The summed E-state index contributed by atoms with van der Waals surface area (Å²) in [7, 11) is 0. The fraction of sp³-hybridized carbons (Fsp3) is 0.333. The number of aryl methyl sites for hydroxylation is 2. The van der Waals surface area contributed by atoms with Gasteiger partial charge in [-0.2, -0.15) is 5.11 Å². The van der Waals surface area contributed by atoms with E-state index in [0.29, 0.717) is 18.0 Å².